The summed E-state index contributed by atoms with van der Waals surface area (Å²) in [6, 6.07) is -0.134. The van der Waals surface area contributed by atoms with Crippen molar-refractivity contribution in [3.63, 3.8) is 0 Å². The van der Waals surface area contributed by atoms with Crippen LogP contribution in [0.2, 0.25) is 0 Å². The highest BCUT2D eigenvalue weighted by Gasteiger charge is 2.24. The fraction of sp³-hybridized carbons (Fsp3) is 0.462. The van der Waals surface area contributed by atoms with Crippen LogP contribution in [0.1, 0.15) is 17.5 Å². The van der Waals surface area contributed by atoms with Crippen LogP contribution in [-0.2, 0) is 4.74 Å². The van der Waals surface area contributed by atoms with Crippen LogP contribution in [0.4, 0.5) is 22.5 Å². The molecule has 2 aromatic rings. The summed E-state index contributed by atoms with van der Waals surface area (Å²) in [5, 5.41) is 17.9. The molecular weight excluding hydrogens is 320 g/mol. The molecule has 0 aliphatic rings. The molecule has 0 fully saturated rings. The summed E-state index contributed by atoms with van der Waals surface area (Å²) in [5.41, 5.74) is 0.655. The number of rotatable bonds is 7. The average molecular weight is 338 g/mol. The maximum Gasteiger partial charge on any atom is 0.353 e. The molecule has 0 aliphatic heterocycles. The van der Waals surface area contributed by atoms with Gasteiger partial charge >= 0.3 is 5.69 Å². The van der Waals surface area contributed by atoms with Crippen molar-refractivity contribution in [3.05, 3.63) is 27.0 Å². The molecule has 2 heterocycles. The van der Waals surface area contributed by atoms with Crippen LogP contribution in [0.5, 0.6) is 0 Å². The first-order valence-corrected chi connectivity index (χ1v) is 7.70. The van der Waals surface area contributed by atoms with E-state index in [2.05, 4.69) is 25.6 Å². The maximum atomic E-state index is 11.4. The van der Waals surface area contributed by atoms with Gasteiger partial charge in [0.1, 0.15) is 6.33 Å². The minimum absolute atomic E-state index is 0.103. The Balaban J connectivity index is 2.33. The van der Waals surface area contributed by atoms with Gasteiger partial charge in [0, 0.05) is 18.0 Å². The van der Waals surface area contributed by atoms with Crippen LogP contribution in [0.25, 0.3) is 0 Å². The molecule has 0 amide bonds. The lowest BCUT2D eigenvalue weighted by molar-refractivity contribution is -0.383. The maximum absolute atomic E-state index is 11.4. The van der Waals surface area contributed by atoms with Crippen molar-refractivity contribution in [2.45, 2.75) is 26.8 Å². The van der Waals surface area contributed by atoms with E-state index < -0.39 is 4.92 Å². The van der Waals surface area contributed by atoms with E-state index in [1.165, 1.54) is 17.7 Å². The van der Waals surface area contributed by atoms with Gasteiger partial charge in [-0.2, -0.15) is 0 Å². The summed E-state index contributed by atoms with van der Waals surface area (Å²) >= 11 is 1.41. The molecule has 2 aromatic heterocycles. The topological polar surface area (TPSA) is 115 Å². The number of nitrogens with one attached hydrogen (secondary N) is 2. The molecule has 10 heteroatoms. The van der Waals surface area contributed by atoms with Crippen molar-refractivity contribution in [3.8, 4) is 0 Å². The van der Waals surface area contributed by atoms with E-state index in [0.29, 0.717) is 11.7 Å². The van der Waals surface area contributed by atoms with Crippen molar-refractivity contribution in [1.82, 2.24) is 15.0 Å². The summed E-state index contributed by atoms with van der Waals surface area (Å²) in [6.45, 7) is 6.06. The number of methoxy groups -OCH3 is 1. The summed E-state index contributed by atoms with van der Waals surface area (Å²) in [5.74, 6) is 0.243. The number of nitrogens with zero attached hydrogens (tertiary/aromatic N) is 4. The zero-order chi connectivity index (χ0) is 17.0. The Labute approximate surface area is 137 Å². The number of nitro groups is 1. The van der Waals surface area contributed by atoms with Crippen LogP contribution in [-0.4, -0.2) is 39.6 Å². The third kappa shape index (κ3) is 4.11. The van der Waals surface area contributed by atoms with E-state index in [1.807, 2.05) is 20.8 Å². The van der Waals surface area contributed by atoms with Crippen LogP contribution in [0.15, 0.2) is 6.33 Å². The van der Waals surface area contributed by atoms with E-state index in [0.717, 1.165) is 10.6 Å². The third-order valence-corrected chi connectivity index (χ3v) is 4.05. The number of ether oxygens (including phenoxy) is 1. The van der Waals surface area contributed by atoms with Crippen LogP contribution < -0.4 is 10.6 Å². The highest BCUT2D eigenvalue weighted by atomic mass is 32.1. The second-order valence-corrected chi connectivity index (χ2v) is 6.17. The molecule has 0 saturated heterocycles. The lowest BCUT2D eigenvalue weighted by Crippen LogP contribution is -2.22. The Morgan fingerprint density at radius 2 is 2.09 bits per heavy atom. The number of thiazole rings is 1. The summed E-state index contributed by atoms with van der Waals surface area (Å²) in [6.07, 6.45) is 1.27. The Kier molecular flexibility index (Phi) is 5.40. The molecule has 1 unspecified atom stereocenters. The van der Waals surface area contributed by atoms with Gasteiger partial charge in [-0.25, -0.2) is 15.0 Å². The van der Waals surface area contributed by atoms with Gasteiger partial charge in [0.2, 0.25) is 11.6 Å². The van der Waals surface area contributed by atoms with E-state index in [4.69, 9.17) is 4.74 Å². The number of anilines is 3. The quantitative estimate of drug-likeness (QED) is 0.585. The molecule has 124 valence electrons. The molecule has 1 atom stereocenters. The first kappa shape index (κ1) is 17.0. The molecule has 0 aromatic carbocycles. The number of hydrogen-bond donors (Lipinski definition) is 2. The lowest BCUT2D eigenvalue weighted by atomic mass is 10.3. The molecule has 9 nitrogen and oxygen atoms in total. The van der Waals surface area contributed by atoms with Gasteiger partial charge < -0.3 is 15.4 Å². The fourth-order valence-electron chi connectivity index (χ4n) is 1.90. The number of aromatic nitrogens is 3. The van der Waals surface area contributed by atoms with Crippen LogP contribution >= 0.6 is 11.3 Å². The Morgan fingerprint density at radius 1 is 1.39 bits per heavy atom. The van der Waals surface area contributed by atoms with Gasteiger partial charge in [-0.1, -0.05) is 0 Å². The van der Waals surface area contributed by atoms with Crippen molar-refractivity contribution in [1.29, 1.82) is 0 Å². The normalized spacial score (nSPS) is 12.0. The summed E-state index contributed by atoms with van der Waals surface area (Å²) in [4.78, 5) is 24.2. The zero-order valence-corrected chi connectivity index (χ0v) is 14.1. The SMILES string of the molecule is COCC(C)Nc1ncnc(Nc2nc(C)c(C)s2)c1[N+](=O)[O-]. The molecule has 0 saturated carbocycles. The molecule has 23 heavy (non-hydrogen) atoms. The molecule has 0 spiro atoms. The molecule has 2 rings (SSSR count). The molecule has 0 aliphatic carbocycles. The number of aryl methyl sites for hydroxylation is 2. The largest absolute Gasteiger partial charge is 0.383 e. The Bertz CT molecular complexity index is 686. The van der Waals surface area contributed by atoms with Gasteiger partial charge in [0.05, 0.1) is 17.2 Å². The fourth-order valence-corrected chi connectivity index (χ4v) is 2.72. The molecular formula is C13H18N6O3S. The van der Waals surface area contributed by atoms with Gasteiger partial charge in [-0.3, -0.25) is 10.1 Å². The van der Waals surface area contributed by atoms with Crippen molar-refractivity contribution >= 4 is 33.8 Å². The Morgan fingerprint density at radius 3 is 2.65 bits per heavy atom. The van der Waals surface area contributed by atoms with E-state index >= 15 is 0 Å². The monoisotopic (exact) mass is 338 g/mol. The minimum Gasteiger partial charge on any atom is -0.383 e. The molecule has 2 N–H and O–H groups in total. The Hall–Kier alpha value is -2.33. The van der Waals surface area contributed by atoms with Gasteiger partial charge in [-0.05, 0) is 20.8 Å². The van der Waals surface area contributed by atoms with Crippen molar-refractivity contribution < 1.29 is 9.66 Å². The van der Waals surface area contributed by atoms with Crippen LogP contribution in [0, 0.1) is 24.0 Å². The first-order chi connectivity index (χ1) is 10.9. The number of hydrogen-bond acceptors (Lipinski definition) is 9. The average Bonchev–Trinajstić information content (AvgIpc) is 2.77. The second kappa shape index (κ2) is 7.29. The zero-order valence-electron chi connectivity index (χ0n) is 13.3. The van der Waals surface area contributed by atoms with Gasteiger partial charge in [0.15, 0.2) is 5.13 Å². The highest BCUT2D eigenvalue weighted by Crippen LogP contribution is 2.33. The minimum atomic E-state index is -0.516. The van der Waals surface area contributed by atoms with Crippen molar-refractivity contribution in [2.75, 3.05) is 24.4 Å². The summed E-state index contributed by atoms with van der Waals surface area (Å²) in [7, 11) is 1.56. The van der Waals surface area contributed by atoms with Gasteiger partial charge in [0.25, 0.3) is 0 Å². The first-order valence-electron chi connectivity index (χ1n) is 6.88. The predicted molar refractivity (Wildman–Crippen MR) is 88.5 cm³/mol. The van der Waals surface area contributed by atoms with E-state index in [-0.39, 0.29) is 23.4 Å². The lowest BCUT2D eigenvalue weighted by Gasteiger charge is -2.14. The van der Waals surface area contributed by atoms with Crippen LogP contribution in [0.3, 0.4) is 0 Å². The van der Waals surface area contributed by atoms with E-state index in [1.54, 1.807) is 7.11 Å². The molecule has 0 radical (unpaired) electrons. The van der Waals surface area contributed by atoms with Gasteiger partial charge in [-0.15, -0.1) is 11.3 Å². The summed E-state index contributed by atoms with van der Waals surface area (Å²) < 4.78 is 5.02. The predicted octanol–water partition coefficient (Wildman–Crippen LogP) is 2.65. The van der Waals surface area contributed by atoms with E-state index in [9.17, 15) is 10.1 Å². The van der Waals surface area contributed by atoms with Crippen molar-refractivity contribution in [2.24, 2.45) is 0 Å². The third-order valence-electron chi connectivity index (χ3n) is 3.06. The smallest absolute Gasteiger partial charge is 0.353 e. The molecule has 0 bridgehead atoms. The second-order valence-electron chi connectivity index (χ2n) is 4.96. The standard InChI is InChI=1S/C13H18N6O3S/c1-7(5-22-4)16-11-10(19(20)21)12(15-6-14-11)18-13-17-8(2)9(3)23-13/h6-7H,5H2,1-4H3,(H2,14,15,16,17,18). The highest BCUT2D eigenvalue weighted by molar-refractivity contribution is 7.15.